The van der Waals surface area contributed by atoms with Crippen LogP contribution in [0.1, 0.15) is 46.4 Å². The number of rotatable bonds is 5. The smallest absolute Gasteiger partial charge is 0.373 e. The molecule has 0 aliphatic carbocycles. The van der Waals surface area contributed by atoms with Gasteiger partial charge in [-0.3, -0.25) is 0 Å². The van der Waals surface area contributed by atoms with Crippen LogP contribution in [0.15, 0.2) is 24.3 Å². The molecule has 1 heterocycles. The summed E-state index contributed by atoms with van der Waals surface area (Å²) in [5, 5.41) is 18.8. The van der Waals surface area contributed by atoms with Crippen molar-refractivity contribution in [2.24, 2.45) is 0 Å². The summed E-state index contributed by atoms with van der Waals surface area (Å²) < 4.78 is 9.77. The fourth-order valence-electron chi connectivity index (χ4n) is 2.00. The van der Waals surface area contributed by atoms with E-state index in [-0.39, 0.29) is 24.2 Å². The SMILES string of the molecule is O=C1OC(O)(CCCCCO)OC(=O)c2ccccc21. The molecule has 6 heteroatoms. The Morgan fingerprint density at radius 2 is 1.50 bits per heavy atom. The number of aliphatic hydroxyl groups excluding tert-OH is 1. The first-order chi connectivity index (χ1) is 9.56. The van der Waals surface area contributed by atoms with Gasteiger partial charge in [0, 0.05) is 6.61 Å². The minimum Gasteiger partial charge on any atom is -0.396 e. The highest BCUT2D eigenvalue weighted by molar-refractivity contribution is 6.04. The molecule has 0 unspecified atom stereocenters. The fraction of sp³-hybridized carbons (Fsp3) is 0.429. The standard InChI is InChI=1S/C14H16O6/c15-9-5-1-4-8-14(18)19-12(16)10-6-2-3-7-11(10)13(17)20-14/h2-3,6-7,15,18H,1,4-5,8-9H2. The van der Waals surface area contributed by atoms with Gasteiger partial charge in [-0.1, -0.05) is 18.6 Å². The number of aliphatic hydroxyl groups is 2. The second kappa shape index (κ2) is 6.02. The Kier molecular flexibility index (Phi) is 4.36. The van der Waals surface area contributed by atoms with Crippen molar-refractivity contribution in [3.8, 4) is 0 Å². The minimum atomic E-state index is -2.25. The molecule has 0 amide bonds. The Morgan fingerprint density at radius 1 is 0.950 bits per heavy atom. The molecule has 0 fully saturated rings. The predicted molar refractivity (Wildman–Crippen MR) is 67.8 cm³/mol. The lowest BCUT2D eigenvalue weighted by molar-refractivity contribution is -0.306. The molecule has 2 rings (SSSR count). The molecule has 0 atom stereocenters. The van der Waals surface area contributed by atoms with Crippen LogP contribution >= 0.6 is 0 Å². The number of esters is 2. The number of unbranched alkanes of at least 4 members (excludes halogenated alkanes) is 2. The number of cyclic esters (lactones) is 2. The van der Waals surface area contributed by atoms with Gasteiger partial charge in [-0.15, -0.1) is 0 Å². The van der Waals surface area contributed by atoms with Crippen LogP contribution < -0.4 is 0 Å². The first kappa shape index (κ1) is 14.5. The third-order valence-corrected chi connectivity index (χ3v) is 3.02. The number of carbonyl (C=O) groups excluding carboxylic acids is 2. The van der Waals surface area contributed by atoms with E-state index in [1.54, 1.807) is 12.1 Å². The molecule has 1 aromatic rings. The Morgan fingerprint density at radius 3 is 2.00 bits per heavy atom. The van der Waals surface area contributed by atoms with Gasteiger partial charge in [-0.25, -0.2) is 9.59 Å². The molecule has 1 aromatic carbocycles. The quantitative estimate of drug-likeness (QED) is 0.622. The minimum absolute atomic E-state index is 0.0293. The summed E-state index contributed by atoms with van der Waals surface area (Å²) in [6, 6.07) is 6.07. The number of hydrogen-bond acceptors (Lipinski definition) is 6. The van der Waals surface area contributed by atoms with E-state index in [1.165, 1.54) is 12.1 Å². The Balaban J connectivity index is 2.13. The van der Waals surface area contributed by atoms with Crippen molar-refractivity contribution in [2.75, 3.05) is 6.61 Å². The first-order valence-corrected chi connectivity index (χ1v) is 6.45. The molecule has 0 saturated carbocycles. The zero-order chi connectivity index (χ0) is 14.6. The van der Waals surface area contributed by atoms with Crippen LogP contribution in [-0.2, 0) is 9.47 Å². The molecule has 108 valence electrons. The maximum Gasteiger partial charge on any atom is 0.373 e. The van der Waals surface area contributed by atoms with Gasteiger partial charge in [0.2, 0.25) is 0 Å². The predicted octanol–water partition coefficient (Wildman–Crippen LogP) is 1.21. The van der Waals surface area contributed by atoms with Crippen LogP contribution in [0.2, 0.25) is 0 Å². The van der Waals surface area contributed by atoms with Gasteiger partial charge in [0.25, 0.3) is 0 Å². The van der Waals surface area contributed by atoms with Crippen molar-refractivity contribution in [3.63, 3.8) is 0 Å². The third kappa shape index (κ3) is 3.15. The summed E-state index contributed by atoms with van der Waals surface area (Å²) in [6.07, 6.45) is 1.62. The Labute approximate surface area is 115 Å². The molecule has 6 nitrogen and oxygen atoms in total. The number of ether oxygens (including phenoxy) is 2. The average molecular weight is 280 g/mol. The van der Waals surface area contributed by atoms with Crippen molar-refractivity contribution >= 4 is 11.9 Å². The fourth-order valence-corrected chi connectivity index (χ4v) is 2.00. The van der Waals surface area contributed by atoms with Gasteiger partial charge in [0.05, 0.1) is 17.5 Å². The molecule has 0 spiro atoms. The Bertz CT molecular complexity index is 473. The highest BCUT2D eigenvalue weighted by Crippen LogP contribution is 2.27. The van der Waals surface area contributed by atoms with Gasteiger partial charge in [-0.2, -0.15) is 0 Å². The van der Waals surface area contributed by atoms with E-state index in [9.17, 15) is 14.7 Å². The van der Waals surface area contributed by atoms with E-state index < -0.39 is 17.9 Å². The van der Waals surface area contributed by atoms with Crippen LogP contribution in [0.3, 0.4) is 0 Å². The van der Waals surface area contributed by atoms with Crippen LogP contribution in [-0.4, -0.2) is 34.7 Å². The summed E-state index contributed by atoms with van der Waals surface area (Å²) in [5.74, 6) is -3.84. The van der Waals surface area contributed by atoms with Crippen LogP contribution in [0.5, 0.6) is 0 Å². The molecular weight excluding hydrogens is 264 g/mol. The monoisotopic (exact) mass is 280 g/mol. The summed E-state index contributed by atoms with van der Waals surface area (Å²) in [4.78, 5) is 23.8. The van der Waals surface area contributed by atoms with Crippen LogP contribution in [0.25, 0.3) is 0 Å². The van der Waals surface area contributed by atoms with Crippen LogP contribution in [0, 0.1) is 0 Å². The second-order valence-electron chi connectivity index (χ2n) is 4.57. The molecule has 1 aliphatic rings. The molecule has 20 heavy (non-hydrogen) atoms. The first-order valence-electron chi connectivity index (χ1n) is 6.45. The molecule has 0 bridgehead atoms. The lowest BCUT2D eigenvalue weighted by atomic mass is 10.1. The van der Waals surface area contributed by atoms with Crippen molar-refractivity contribution in [1.82, 2.24) is 0 Å². The summed E-state index contributed by atoms with van der Waals surface area (Å²) >= 11 is 0. The van der Waals surface area contributed by atoms with Gasteiger partial charge >= 0.3 is 17.9 Å². The number of fused-ring (bicyclic) bond motifs is 1. The molecule has 2 N–H and O–H groups in total. The van der Waals surface area contributed by atoms with E-state index >= 15 is 0 Å². The van der Waals surface area contributed by atoms with E-state index in [1.807, 2.05) is 0 Å². The van der Waals surface area contributed by atoms with Gasteiger partial charge in [-0.05, 0) is 25.0 Å². The van der Waals surface area contributed by atoms with E-state index in [0.717, 1.165) is 0 Å². The molecular formula is C14H16O6. The average Bonchev–Trinajstić information content (AvgIpc) is 2.52. The Hall–Kier alpha value is -1.92. The zero-order valence-electron chi connectivity index (χ0n) is 10.9. The lowest BCUT2D eigenvalue weighted by Gasteiger charge is -2.24. The normalized spacial score (nSPS) is 16.9. The number of carbonyl (C=O) groups is 2. The summed E-state index contributed by atoms with van der Waals surface area (Å²) in [6.45, 7) is 0.0451. The maximum atomic E-state index is 11.9. The molecule has 0 radical (unpaired) electrons. The zero-order valence-corrected chi connectivity index (χ0v) is 10.9. The van der Waals surface area contributed by atoms with Gasteiger partial charge in [0.15, 0.2) is 0 Å². The summed E-state index contributed by atoms with van der Waals surface area (Å²) in [7, 11) is 0. The summed E-state index contributed by atoms with van der Waals surface area (Å²) in [5.41, 5.74) is 0.146. The van der Waals surface area contributed by atoms with E-state index in [4.69, 9.17) is 14.6 Å². The van der Waals surface area contributed by atoms with Crippen molar-refractivity contribution < 1.29 is 29.3 Å². The van der Waals surface area contributed by atoms with Crippen molar-refractivity contribution in [2.45, 2.75) is 31.7 Å². The largest absolute Gasteiger partial charge is 0.396 e. The topological polar surface area (TPSA) is 93.1 Å². The van der Waals surface area contributed by atoms with E-state index in [2.05, 4.69) is 0 Å². The lowest BCUT2D eigenvalue weighted by Crippen LogP contribution is -2.37. The number of hydrogen-bond donors (Lipinski definition) is 2. The number of benzene rings is 1. The third-order valence-electron chi connectivity index (χ3n) is 3.02. The highest BCUT2D eigenvalue weighted by atomic mass is 16.8. The van der Waals surface area contributed by atoms with E-state index in [0.29, 0.717) is 19.3 Å². The van der Waals surface area contributed by atoms with Crippen LogP contribution in [0.4, 0.5) is 0 Å². The molecule has 0 saturated heterocycles. The van der Waals surface area contributed by atoms with Gasteiger partial charge in [0.1, 0.15) is 0 Å². The molecule has 0 aromatic heterocycles. The van der Waals surface area contributed by atoms with Gasteiger partial charge < -0.3 is 19.7 Å². The van der Waals surface area contributed by atoms with Crippen molar-refractivity contribution in [1.29, 1.82) is 0 Å². The highest BCUT2D eigenvalue weighted by Gasteiger charge is 2.41. The van der Waals surface area contributed by atoms with Crippen molar-refractivity contribution in [3.05, 3.63) is 35.4 Å². The second-order valence-corrected chi connectivity index (χ2v) is 4.57. The maximum absolute atomic E-state index is 11.9. The molecule has 1 aliphatic heterocycles.